The number of amides is 1. The lowest BCUT2D eigenvalue weighted by atomic mass is 10.00. The molecular weight excluding hydrogens is 458 g/mol. The number of carbonyl (C=O) groups excluding carboxylic acids is 3. The standard InChI is InChI=1S/C28H25N3O5/c1-2-35-27(33)25(32)26(30-28(34)36-19-20-11-5-3-6-12-20)31-18-17-29-24(21-13-7-4-8-14-21)22-15-9-10-16-23(22)31/h3-18,26H,2,19H2,1H3,(H,30,34). The van der Waals surface area contributed by atoms with Gasteiger partial charge in [-0.3, -0.25) is 15.1 Å². The third kappa shape index (κ3) is 5.67. The number of rotatable bonds is 8. The van der Waals surface area contributed by atoms with Gasteiger partial charge in [-0.25, -0.2) is 9.59 Å². The Balaban J connectivity index is 1.65. The van der Waals surface area contributed by atoms with Crippen LogP contribution in [0.2, 0.25) is 0 Å². The van der Waals surface area contributed by atoms with Crippen molar-refractivity contribution in [2.75, 3.05) is 11.5 Å². The van der Waals surface area contributed by atoms with Crippen LogP contribution in [0.5, 0.6) is 0 Å². The number of carbonyl (C=O) groups is 3. The molecule has 1 aliphatic heterocycles. The van der Waals surface area contributed by atoms with E-state index >= 15 is 0 Å². The molecule has 1 amide bonds. The fourth-order valence-electron chi connectivity index (χ4n) is 3.73. The van der Waals surface area contributed by atoms with Crippen molar-refractivity contribution in [1.82, 2.24) is 5.32 Å². The number of aliphatic imine (C=N–C) groups is 1. The zero-order chi connectivity index (χ0) is 25.3. The molecular formula is C28H25N3O5. The first-order chi connectivity index (χ1) is 17.6. The molecule has 1 unspecified atom stereocenters. The molecule has 0 saturated carbocycles. The summed E-state index contributed by atoms with van der Waals surface area (Å²) in [5.41, 5.74) is 3.62. The lowest BCUT2D eigenvalue weighted by Crippen LogP contribution is -2.54. The first kappa shape index (κ1) is 24.4. The minimum atomic E-state index is -1.42. The molecule has 3 aromatic rings. The molecule has 0 radical (unpaired) electrons. The second kappa shape index (κ2) is 11.6. The summed E-state index contributed by atoms with van der Waals surface area (Å²) in [6.07, 6.45) is 0.773. The highest BCUT2D eigenvalue weighted by Gasteiger charge is 2.35. The van der Waals surface area contributed by atoms with Crippen LogP contribution in [0.3, 0.4) is 0 Å². The number of nitrogens with one attached hydrogen (secondary N) is 1. The number of hydrogen-bond donors (Lipinski definition) is 1. The minimum absolute atomic E-state index is 0.000678. The summed E-state index contributed by atoms with van der Waals surface area (Å²) in [6, 6.07) is 26.0. The zero-order valence-corrected chi connectivity index (χ0v) is 19.7. The van der Waals surface area contributed by atoms with E-state index in [1.54, 1.807) is 19.1 Å². The SMILES string of the molecule is CCOC(=O)C(=O)C(NC(=O)OCc1ccccc1)N1C=CN=C(c2ccccc2)c2ccccc21. The number of esters is 1. The maximum atomic E-state index is 13.2. The predicted octanol–water partition coefficient (Wildman–Crippen LogP) is 4.20. The number of hydrogen-bond acceptors (Lipinski definition) is 7. The van der Waals surface area contributed by atoms with Gasteiger partial charge in [0.25, 0.3) is 5.78 Å². The van der Waals surface area contributed by atoms with E-state index in [1.165, 1.54) is 17.3 Å². The Kier molecular flexibility index (Phi) is 7.87. The topological polar surface area (TPSA) is 97.3 Å². The molecule has 0 fully saturated rings. The number of ether oxygens (including phenoxy) is 2. The summed E-state index contributed by atoms with van der Waals surface area (Å²) in [6.45, 7) is 1.62. The third-order valence-corrected chi connectivity index (χ3v) is 5.39. The van der Waals surface area contributed by atoms with Gasteiger partial charge in [0.2, 0.25) is 0 Å². The average Bonchev–Trinajstić information content (AvgIpc) is 3.11. The van der Waals surface area contributed by atoms with Crippen molar-refractivity contribution in [2.24, 2.45) is 4.99 Å². The summed E-state index contributed by atoms with van der Waals surface area (Å²) in [4.78, 5) is 44.4. The van der Waals surface area contributed by atoms with Gasteiger partial charge in [-0.1, -0.05) is 78.9 Å². The minimum Gasteiger partial charge on any atom is -0.460 e. The van der Waals surface area contributed by atoms with Gasteiger partial charge in [0.15, 0.2) is 6.17 Å². The van der Waals surface area contributed by atoms with Crippen LogP contribution < -0.4 is 10.2 Å². The van der Waals surface area contributed by atoms with E-state index in [-0.39, 0.29) is 13.2 Å². The van der Waals surface area contributed by atoms with Crippen LogP contribution in [0.1, 0.15) is 23.6 Å². The molecule has 3 aromatic carbocycles. The zero-order valence-electron chi connectivity index (χ0n) is 19.7. The van der Waals surface area contributed by atoms with Gasteiger partial charge in [-0.15, -0.1) is 0 Å². The Morgan fingerprint density at radius 3 is 2.28 bits per heavy atom. The van der Waals surface area contributed by atoms with Gasteiger partial charge in [-0.05, 0) is 18.6 Å². The maximum Gasteiger partial charge on any atom is 0.409 e. The molecule has 8 nitrogen and oxygen atoms in total. The largest absolute Gasteiger partial charge is 0.460 e. The van der Waals surface area contributed by atoms with Crippen molar-refractivity contribution in [2.45, 2.75) is 19.7 Å². The molecule has 182 valence electrons. The molecule has 1 aliphatic rings. The Hall–Kier alpha value is -4.72. The van der Waals surface area contributed by atoms with Crippen molar-refractivity contribution in [3.63, 3.8) is 0 Å². The van der Waals surface area contributed by atoms with Gasteiger partial charge >= 0.3 is 12.1 Å². The average molecular weight is 484 g/mol. The number of para-hydroxylation sites is 1. The quantitative estimate of drug-likeness (QED) is 0.381. The maximum absolute atomic E-state index is 13.2. The number of benzene rings is 3. The van der Waals surface area contributed by atoms with Crippen LogP contribution in [0, 0.1) is 0 Å². The molecule has 8 heteroatoms. The Morgan fingerprint density at radius 1 is 0.889 bits per heavy atom. The molecule has 4 rings (SSSR count). The molecule has 0 spiro atoms. The van der Waals surface area contributed by atoms with Gasteiger partial charge in [0, 0.05) is 23.5 Å². The van der Waals surface area contributed by atoms with Crippen LogP contribution in [-0.2, 0) is 25.7 Å². The van der Waals surface area contributed by atoms with E-state index in [9.17, 15) is 14.4 Å². The summed E-state index contributed by atoms with van der Waals surface area (Å²) >= 11 is 0. The highest BCUT2D eigenvalue weighted by Crippen LogP contribution is 2.28. The second-order valence-electron chi connectivity index (χ2n) is 7.76. The number of alkyl carbamates (subject to hydrolysis) is 1. The van der Waals surface area contributed by atoms with Crippen molar-refractivity contribution < 1.29 is 23.9 Å². The summed E-state index contributed by atoms with van der Waals surface area (Å²) < 4.78 is 10.3. The highest BCUT2D eigenvalue weighted by molar-refractivity contribution is 6.36. The van der Waals surface area contributed by atoms with Gasteiger partial charge < -0.3 is 14.4 Å². The molecule has 0 saturated heterocycles. The Morgan fingerprint density at radius 2 is 1.56 bits per heavy atom. The van der Waals surface area contributed by atoms with Gasteiger partial charge in [0.1, 0.15) is 6.61 Å². The van der Waals surface area contributed by atoms with Crippen LogP contribution in [0.25, 0.3) is 0 Å². The Bertz CT molecular complexity index is 1290. The van der Waals surface area contributed by atoms with E-state index in [2.05, 4.69) is 10.3 Å². The molecule has 0 aliphatic carbocycles. The van der Waals surface area contributed by atoms with Crippen molar-refractivity contribution >= 4 is 29.2 Å². The molecule has 1 heterocycles. The molecule has 36 heavy (non-hydrogen) atoms. The fourth-order valence-corrected chi connectivity index (χ4v) is 3.73. The van der Waals surface area contributed by atoms with E-state index in [0.29, 0.717) is 11.4 Å². The van der Waals surface area contributed by atoms with E-state index in [4.69, 9.17) is 9.47 Å². The smallest absolute Gasteiger partial charge is 0.409 e. The number of nitrogens with zero attached hydrogens (tertiary/aromatic N) is 2. The monoisotopic (exact) mass is 483 g/mol. The number of ketones is 1. The molecule has 1 N–H and O–H groups in total. The molecule has 0 bridgehead atoms. The normalized spacial score (nSPS) is 13.0. The summed E-state index contributed by atoms with van der Waals surface area (Å²) in [5.74, 6) is -2.01. The van der Waals surface area contributed by atoms with Gasteiger partial charge in [-0.2, -0.15) is 0 Å². The van der Waals surface area contributed by atoms with Crippen LogP contribution in [0.4, 0.5) is 10.5 Å². The lowest BCUT2D eigenvalue weighted by molar-refractivity contribution is -0.154. The van der Waals surface area contributed by atoms with Crippen LogP contribution in [0.15, 0.2) is 102 Å². The van der Waals surface area contributed by atoms with E-state index < -0.39 is 24.0 Å². The third-order valence-electron chi connectivity index (χ3n) is 5.39. The highest BCUT2D eigenvalue weighted by atomic mass is 16.6. The van der Waals surface area contributed by atoms with Gasteiger partial charge in [0.05, 0.1) is 18.0 Å². The molecule has 0 aromatic heterocycles. The predicted molar refractivity (Wildman–Crippen MR) is 135 cm³/mol. The fraction of sp³-hybridized carbons (Fsp3) is 0.143. The number of Topliss-reactive ketones (excluding diaryl/α,β-unsaturated/α-hetero) is 1. The van der Waals surface area contributed by atoms with Crippen molar-refractivity contribution in [3.8, 4) is 0 Å². The van der Waals surface area contributed by atoms with E-state index in [0.717, 1.165) is 16.7 Å². The van der Waals surface area contributed by atoms with Crippen molar-refractivity contribution in [3.05, 3.63) is 114 Å². The summed E-state index contributed by atoms with van der Waals surface area (Å²) in [7, 11) is 0. The van der Waals surface area contributed by atoms with Crippen LogP contribution >= 0.6 is 0 Å². The summed E-state index contributed by atoms with van der Waals surface area (Å²) in [5, 5.41) is 2.53. The first-order valence-electron chi connectivity index (χ1n) is 11.4. The number of anilines is 1. The first-order valence-corrected chi connectivity index (χ1v) is 11.4. The molecule has 1 atom stereocenters. The second-order valence-corrected chi connectivity index (χ2v) is 7.76. The van der Waals surface area contributed by atoms with Crippen molar-refractivity contribution in [1.29, 1.82) is 0 Å². The van der Waals surface area contributed by atoms with E-state index in [1.807, 2.05) is 72.8 Å². The van der Waals surface area contributed by atoms with Crippen LogP contribution in [-0.4, -0.2) is 36.3 Å². The number of fused-ring (bicyclic) bond motifs is 1. The Labute approximate surface area is 208 Å². The lowest BCUT2D eigenvalue weighted by Gasteiger charge is -2.30.